The highest BCUT2D eigenvalue weighted by molar-refractivity contribution is 6.30. The van der Waals surface area contributed by atoms with Gasteiger partial charge in [-0.3, -0.25) is 9.59 Å². The first kappa shape index (κ1) is 19.9. The van der Waals surface area contributed by atoms with Gasteiger partial charge in [0.2, 0.25) is 5.91 Å². The quantitative estimate of drug-likeness (QED) is 0.730. The van der Waals surface area contributed by atoms with E-state index in [0.717, 1.165) is 0 Å². The van der Waals surface area contributed by atoms with Crippen LogP contribution in [0.1, 0.15) is 20.8 Å². The summed E-state index contributed by atoms with van der Waals surface area (Å²) in [7, 11) is 0. The molecule has 1 aliphatic heterocycles. The number of amides is 2. The summed E-state index contributed by atoms with van der Waals surface area (Å²) in [6.45, 7) is 7.42. The third kappa shape index (κ3) is 5.02. The van der Waals surface area contributed by atoms with Crippen LogP contribution in [0.2, 0.25) is 5.02 Å². The number of halogens is 2. The van der Waals surface area contributed by atoms with Crippen molar-refractivity contribution >= 4 is 35.0 Å². The number of nitrogens with zero attached hydrogens (tertiary/aromatic N) is 2. The van der Waals surface area contributed by atoms with Crippen LogP contribution in [-0.4, -0.2) is 59.8 Å². The second-order valence-corrected chi connectivity index (χ2v) is 7.55. The molecule has 0 saturated carbocycles. The number of alkyl halides is 1. The fourth-order valence-corrected chi connectivity index (χ4v) is 2.88. The van der Waals surface area contributed by atoms with Crippen LogP contribution in [0, 0.1) is 5.41 Å². The lowest BCUT2D eigenvalue weighted by atomic mass is 9.94. The number of carbonyl (C=O) groups is 2. The van der Waals surface area contributed by atoms with E-state index in [1.54, 1.807) is 41.0 Å². The summed E-state index contributed by atoms with van der Waals surface area (Å²) < 4.78 is 5.68. The summed E-state index contributed by atoms with van der Waals surface area (Å²) >= 11 is 11.7. The molecule has 1 atom stereocenters. The van der Waals surface area contributed by atoms with Crippen LogP contribution >= 0.6 is 23.2 Å². The minimum absolute atomic E-state index is 0.0278. The van der Waals surface area contributed by atoms with Gasteiger partial charge in [0, 0.05) is 37.1 Å². The number of benzene rings is 1. The van der Waals surface area contributed by atoms with E-state index >= 15 is 0 Å². The van der Waals surface area contributed by atoms with Crippen LogP contribution in [0.4, 0.5) is 0 Å². The first-order valence-electron chi connectivity index (χ1n) is 8.31. The van der Waals surface area contributed by atoms with Crippen molar-refractivity contribution in [2.24, 2.45) is 5.41 Å². The van der Waals surface area contributed by atoms with Crippen molar-refractivity contribution in [2.45, 2.75) is 26.9 Å². The highest BCUT2D eigenvalue weighted by Crippen LogP contribution is 2.22. The number of rotatable bonds is 5. The van der Waals surface area contributed by atoms with Crippen LogP contribution in [0.5, 0.6) is 5.75 Å². The largest absolute Gasteiger partial charge is 0.481 e. The van der Waals surface area contributed by atoms with Gasteiger partial charge in [0.25, 0.3) is 5.91 Å². The number of ether oxygens (including phenoxy) is 1. The maximum absolute atomic E-state index is 12.5. The molecule has 1 aliphatic rings. The molecule has 2 amide bonds. The smallest absolute Gasteiger partial charge is 0.263 e. The van der Waals surface area contributed by atoms with Crippen molar-refractivity contribution in [1.82, 2.24) is 9.80 Å². The van der Waals surface area contributed by atoms with Gasteiger partial charge in [0.05, 0.1) is 5.41 Å². The summed E-state index contributed by atoms with van der Waals surface area (Å²) in [6, 6.07) is 6.90. The average Bonchev–Trinajstić information content (AvgIpc) is 2.62. The van der Waals surface area contributed by atoms with Crippen LogP contribution in [0.3, 0.4) is 0 Å². The Bertz CT molecular complexity index is 611. The first-order chi connectivity index (χ1) is 11.7. The van der Waals surface area contributed by atoms with Crippen molar-refractivity contribution in [2.75, 3.05) is 32.1 Å². The second kappa shape index (κ2) is 8.28. The van der Waals surface area contributed by atoms with E-state index < -0.39 is 11.5 Å². The molecule has 0 aliphatic carbocycles. The summed E-state index contributed by atoms with van der Waals surface area (Å²) in [5.74, 6) is 0.818. The molecule has 0 aromatic heterocycles. The van der Waals surface area contributed by atoms with E-state index in [2.05, 4.69) is 0 Å². The zero-order chi connectivity index (χ0) is 18.6. The molecule has 1 aromatic rings. The molecule has 0 spiro atoms. The second-order valence-electron chi connectivity index (χ2n) is 6.85. The fourth-order valence-electron chi connectivity index (χ4n) is 2.64. The molecule has 2 rings (SSSR count). The zero-order valence-electron chi connectivity index (χ0n) is 14.8. The molecule has 1 aromatic carbocycles. The fraction of sp³-hybridized carbons (Fsp3) is 0.556. The molecule has 25 heavy (non-hydrogen) atoms. The van der Waals surface area contributed by atoms with Crippen molar-refractivity contribution in [1.29, 1.82) is 0 Å². The van der Waals surface area contributed by atoms with Crippen molar-refractivity contribution in [3.63, 3.8) is 0 Å². The molecule has 138 valence electrons. The predicted octanol–water partition coefficient (Wildman–Crippen LogP) is 3.04. The molecule has 0 radical (unpaired) electrons. The molecule has 1 fully saturated rings. The third-order valence-electron chi connectivity index (χ3n) is 4.27. The Morgan fingerprint density at radius 3 is 2.16 bits per heavy atom. The SMILES string of the molecule is CC(Oc1ccc(Cl)cc1)C(=O)N1CCN(C(=O)C(C)(C)CCl)CC1. The molecule has 5 nitrogen and oxygen atoms in total. The minimum atomic E-state index is -0.595. The van der Waals surface area contributed by atoms with Gasteiger partial charge >= 0.3 is 0 Å². The molecule has 7 heteroatoms. The number of carbonyl (C=O) groups excluding carboxylic acids is 2. The van der Waals surface area contributed by atoms with Crippen molar-refractivity contribution in [3.05, 3.63) is 29.3 Å². The Morgan fingerprint density at radius 1 is 1.12 bits per heavy atom. The van der Waals surface area contributed by atoms with Crippen LogP contribution in [-0.2, 0) is 9.59 Å². The monoisotopic (exact) mass is 386 g/mol. The van der Waals surface area contributed by atoms with Gasteiger partial charge in [-0.1, -0.05) is 11.6 Å². The lowest BCUT2D eigenvalue weighted by Gasteiger charge is -2.38. The highest BCUT2D eigenvalue weighted by Gasteiger charge is 2.34. The molecule has 0 N–H and O–H groups in total. The summed E-state index contributed by atoms with van der Waals surface area (Å²) in [6.07, 6.45) is -0.595. The van der Waals surface area contributed by atoms with Gasteiger partial charge in [-0.2, -0.15) is 0 Å². The summed E-state index contributed by atoms with van der Waals surface area (Å²) in [4.78, 5) is 28.5. The standard InChI is InChI=1S/C18H24Cl2N2O3/c1-13(25-15-6-4-14(20)5-7-15)16(23)21-8-10-22(11-9-21)17(24)18(2,3)12-19/h4-7,13H,8-12H2,1-3H3. The molecular weight excluding hydrogens is 363 g/mol. The lowest BCUT2D eigenvalue weighted by molar-refractivity contribution is -0.147. The molecule has 1 heterocycles. The van der Waals surface area contributed by atoms with Gasteiger partial charge in [-0.05, 0) is 45.0 Å². The first-order valence-corrected chi connectivity index (χ1v) is 9.22. The molecular formula is C18H24Cl2N2O3. The summed E-state index contributed by atoms with van der Waals surface area (Å²) in [5.41, 5.74) is -0.585. The van der Waals surface area contributed by atoms with E-state index in [9.17, 15) is 9.59 Å². The predicted molar refractivity (Wildman–Crippen MR) is 99.2 cm³/mol. The Hall–Kier alpha value is -1.46. The van der Waals surface area contributed by atoms with Gasteiger partial charge in [-0.25, -0.2) is 0 Å². The maximum Gasteiger partial charge on any atom is 0.263 e. The van der Waals surface area contributed by atoms with Crippen LogP contribution in [0.15, 0.2) is 24.3 Å². The molecule has 0 bridgehead atoms. The number of hydrogen-bond acceptors (Lipinski definition) is 3. The van der Waals surface area contributed by atoms with Crippen LogP contribution in [0.25, 0.3) is 0 Å². The topological polar surface area (TPSA) is 49.9 Å². The molecule has 1 unspecified atom stereocenters. The van der Waals surface area contributed by atoms with E-state index in [1.165, 1.54) is 0 Å². The average molecular weight is 387 g/mol. The molecule has 1 saturated heterocycles. The van der Waals surface area contributed by atoms with E-state index in [4.69, 9.17) is 27.9 Å². The van der Waals surface area contributed by atoms with Gasteiger partial charge in [0.15, 0.2) is 6.10 Å². The number of hydrogen-bond donors (Lipinski definition) is 0. The van der Waals surface area contributed by atoms with E-state index in [1.807, 2.05) is 13.8 Å². The normalized spacial score (nSPS) is 16.5. The lowest BCUT2D eigenvalue weighted by Crippen LogP contribution is -2.55. The van der Waals surface area contributed by atoms with Gasteiger partial charge in [0.1, 0.15) is 5.75 Å². The minimum Gasteiger partial charge on any atom is -0.481 e. The Kier molecular flexibility index (Phi) is 6.58. The third-order valence-corrected chi connectivity index (χ3v) is 5.19. The van der Waals surface area contributed by atoms with E-state index in [-0.39, 0.29) is 17.7 Å². The Labute approximate surface area is 158 Å². The van der Waals surface area contributed by atoms with Gasteiger partial charge < -0.3 is 14.5 Å². The van der Waals surface area contributed by atoms with E-state index in [0.29, 0.717) is 37.0 Å². The summed E-state index contributed by atoms with van der Waals surface area (Å²) in [5, 5.41) is 0.618. The van der Waals surface area contributed by atoms with Gasteiger partial charge in [-0.15, -0.1) is 11.6 Å². The number of piperazine rings is 1. The van der Waals surface area contributed by atoms with Crippen molar-refractivity contribution < 1.29 is 14.3 Å². The highest BCUT2D eigenvalue weighted by atomic mass is 35.5. The van der Waals surface area contributed by atoms with Crippen LogP contribution < -0.4 is 4.74 Å². The Morgan fingerprint density at radius 2 is 1.64 bits per heavy atom. The maximum atomic E-state index is 12.5. The Balaban J connectivity index is 1.88. The van der Waals surface area contributed by atoms with Crippen molar-refractivity contribution in [3.8, 4) is 5.75 Å². The zero-order valence-corrected chi connectivity index (χ0v) is 16.3.